The van der Waals surface area contributed by atoms with Crippen molar-refractivity contribution in [2.24, 2.45) is 0 Å². The molecule has 0 aromatic heterocycles. The summed E-state index contributed by atoms with van der Waals surface area (Å²) < 4.78 is 14.8. The molecule has 0 aromatic carbocycles. The Hall–Kier alpha value is 0.0700. The van der Waals surface area contributed by atoms with Crippen LogP contribution in [0.3, 0.4) is 0 Å². The molecule has 0 fully saturated rings. The molecule has 70 valence electrons. The van der Waals surface area contributed by atoms with Gasteiger partial charge in [0, 0.05) is 7.11 Å². The smallest absolute Gasteiger partial charge is 0.356 e. The summed E-state index contributed by atoms with van der Waals surface area (Å²) in [5, 5.41) is 8.77. The van der Waals surface area contributed by atoms with E-state index in [0.717, 1.165) is 0 Å². The standard InChI is InChI=1S/C4H11O5P.CH4/c1-3(9-2)4(5)10(6,7)8;/h3-5H,1-2H3,(H2,6,7,8);1H4. The second kappa shape index (κ2) is 4.85. The molecule has 2 unspecified atom stereocenters. The lowest BCUT2D eigenvalue weighted by atomic mass is 10.4. The minimum absolute atomic E-state index is 0. The Labute approximate surface area is 66.2 Å². The Balaban J connectivity index is 0. The zero-order valence-corrected chi connectivity index (χ0v) is 6.65. The first-order chi connectivity index (χ1) is 4.39. The summed E-state index contributed by atoms with van der Waals surface area (Å²) in [6.07, 6.45) is -0.846. The minimum Gasteiger partial charge on any atom is -0.378 e. The third-order valence-electron chi connectivity index (χ3n) is 1.14. The van der Waals surface area contributed by atoms with Crippen molar-refractivity contribution in [2.45, 2.75) is 26.3 Å². The van der Waals surface area contributed by atoms with Gasteiger partial charge in [-0.15, -0.1) is 0 Å². The maximum atomic E-state index is 10.3. The van der Waals surface area contributed by atoms with E-state index in [1.165, 1.54) is 14.0 Å². The van der Waals surface area contributed by atoms with E-state index < -0.39 is 19.5 Å². The summed E-state index contributed by atoms with van der Waals surface area (Å²) in [5.41, 5.74) is 0. The van der Waals surface area contributed by atoms with Crippen molar-refractivity contribution in [3.8, 4) is 0 Å². The van der Waals surface area contributed by atoms with Gasteiger partial charge < -0.3 is 19.6 Å². The molecule has 0 bridgehead atoms. The molecular weight excluding hydrogens is 171 g/mol. The first-order valence-electron chi connectivity index (χ1n) is 2.65. The number of aliphatic hydroxyl groups excluding tert-OH is 1. The number of hydrogen-bond donors (Lipinski definition) is 3. The predicted octanol–water partition coefficient (Wildman–Crippen LogP) is 0.153. The SMILES string of the molecule is C.COC(C)C(O)P(=O)(O)O. The van der Waals surface area contributed by atoms with Crippen molar-refractivity contribution in [1.82, 2.24) is 0 Å². The number of hydrogen-bond acceptors (Lipinski definition) is 3. The molecule has 0 rings (SSSR count). The molecule has 0 aliphatic rings. The molecule has 6 heteroatoms. The molecule has 11 heavy (non-hydrogen) atoms. The molecule has 0 aromatic rings. The van der Waals surface area contributed by atoms with Crippen LogP contribution in [0.1, 0.15) is 14.4 Å². The summed E-state index contributed by atoms with van der Waals surface area (Å²) in [6.45, 7) is 1.38. The van der Waals surface area contributed by atoms with Crippen LogP contribution in [0.4, 0.5) is 0 Å². The van der Waals surface area contributed by atoms with Crippen molar-refractivity contribution in [2.75, 3.05) is 7.11 Å². The molecule has 0 aliphatic heterocycles. The van der Waals surface area contributed by atoms with Crippen LogP contribution in [-0.2, 0) is 9.30 Å². The highest BCUT2D eigenvalue weighted by molar-refractivity contribution is 7.52. The van der Waals surface area contributed by atoms with Crippen LogP contribution in [-0.4, -0.2) is 34.0 Å². The molecule has 0 aliphatic carbocycles. The van der Waals surface area contributed by atoms with Crippen LogP contribution in [0, 0.1) is 0 Å². The topological polar surface area (TPSA) is 87.0 Å². The Morgan fingerprint density at radius 2 is 1.82 bits per heavy atom. The van der Waals surface area contributed by atoms with Crippen LogP contribution in [0.2, 0.25) is 0 Å². The fourth-order valence-electron chi connectivity index (χ4n) is 0.395. The van der Waals surface area contributed by atoms with Crippen molar-refractivity contribution >= 4 is 7.60 Å². The van der Waals surface area contributed by atoms with Gasteiger partial charge in [0.25, 0.3) is 0 Å². The first kappa shape index (κ1) is 13.6. The van der Waals surface area contributed by atoms with E-state index in [-0.39, 0.29) is 7.43 Å². The minimum atomic E-state index is -4.40. The summed E-state index contributed by atoms with van der Waals surface area (Å²) in [6, 6.07) is 0. The maximum absolute atomic E-state index is 10.3. The van der Waals surface area contributed by atoms with Gasteiger partial charge in [-0.1, -0.05) is 7.43 Å². The van der Waals surface area contributed by atoms with Gasteiger partial charge in [0.15, 0.2) is 5.85 Å². The van der Waals surface area contributed by atoms with E-state index in [4.69, 9.17) is 14.9 Å². The number of ether oxygens (including phenoxy) is 1. The van der Waals surface area contributed by atoms with Gasteiger partial charge in [-0.25, -0.2) is 0 Å². The number of aliphatic hydroxyl groups is 1. The van der Waals surface area contributed by atoms with Crippen LogP contribution >= 0.6 is 7.60 Å². The molecule has 0 spiro atoms. The first-order valence-corrected chi connectivity index (χ1v) is 4.34. The summed E-state index contributed by atoms with van der Waals surface area (Å²) >= 11 is 0. The molecular formula is C5H15O5P. The molecule has 0 saturated heterocycles. The van der Waals surface area contributed by atoms with Gasteiger partial charge in [0.1, 0.15) is 0 Å². The second-order valence-corrected chi connectivity index (χ2v) is 3.65. The normalized spacial score (nSPS) is 16.8. The van der Waals surface area contributed by atoms with Crippen molar-refractivity contribution in [3.63, 3.8) is 0 Å². The van der Waals surface area contributed by atoms with Gasteiger partial charge in [-0.2, -0.15) is 0 Å². The second-order valence-electron chi connectivity index (χ2n) is 1.94. The maximum Gasteiger partial charge on any atom is 0.356 e. The summed E-state index contributed by atoms with van der Waals surface area (Å²) in [5.74, 6) is -1.72. The Morgan fingerprint density at radius 1 is 1.45 bits per heavy atom. The number of methoxy groups -OCH3 is 1. The highest BCUT2D eigenvalue weighted by Crippen LogP contribution is 2.41. The monoisotopic (exact) mass is 186 g/mol. The van der Waals surface area contributed by atoms with Gasteiger partial charge >= 0.3 is 7.60 Å². The van der Waals surface area contributed by atoms with E-state index in [2.05, 4.69) is 4.74 Å². The highest BCUT2D eigenvalue weighted by atomic mass is 31.2. The Morgan fingerprint density at radius 3 is 1.91 bits per heavy atom. The third-order valence-corrected chi connectivity index (χ3v) is 2.25. The van der Waals surface area contributed by atoms with Crippen molar-refractivity contribution in [1.29, 1.82) is 0 Å². The number of rotatable bonds is 3. The van der Waals surface area contributed by atoms with Crippen LogP contribution in [0.25, 0.3) is 0 Å². The van der Waals surface area contributed by atoms with E-state index in [9.17, 15) is 4.57 Å². The largest absolute Gasteiger partial charge is 0.378 e. The molecule has 2 atom stereocenters. The fraction of sp³-hybridized carbons (Fsp3) is 1.00. The van der Waals surface area contributed by atoms with E-state index >= 15 is 0 Å². The van der Waals surface area contributed by atoms with Gasteiger partial charge in [0.2, 0.25) is 0 Å². The van der Waals surface area contributed by atoms with E-state index in [1.807, 2.05) is 0 Å². The van der Waals surface area contributed by atoms with Gasteiger partial charge in [-0.05, 0) is 6.92 Å². The lowest BCUT2D eigenvalue weighted by Gasteiger charge is -2.17. The molecule has 0 saturated carbocycles. The predicted molar refractivity (Wildman–Crippen MR) is 41.3 cm³/mol. The zero-order valence-electron chi connectivity index (χ0n) is 5.76. The molecule has 0 amide bonds. The average Bonchev–Trinajstić information content (AvgIpc) is 1.83. The summed E-state index contributed by atoms with van der Waals surface area (Å²) in [4.78, 5) is 16.7. The van der Waals surface area contributed by atoms with Gasteiger partial charge in [-0.3, -0.25) is 4.57 Å². The van der Waals surface area contributed by atoms with E-state index in [1.54, 1.807) is 0 Å². The zero-order chi connectivity index (χ0) is 8.36. The summed E-state index contributed by atoms with van der Waals surface area (Å²) in [7, 11) is -3.13. The van der Waals surface area contributed by atoms with Crippen molar-refractivity contribution < 1.29 is 24.2 Å². The molecule has 3 N–H and O–H groups in total. The van der Waals surface area contributed by atoms with Crippen LogP contribution in [0.5, 0.6) is 0 Å². The van der Waals surface area contributed by atoms with Crippen molar-refractivity contribution in [3.05, 3.63) is 0 Å². The quantitative estimate of drug-likeness (QED) is 0.546. The fourth-order valence-corrected chi connectivity index (χ4v) is 1.06. The van der Waals surface area contributed by atoms with Crippen LogP contribution in [0.15, 0.2) is 0 Å². The lowest BCUT2D eigenvalue weighted by Crippen LogP contribution is -2.24. The molecule has 5 nitrogen and oxygen atoms in total. The average molecular weight is 186 g/mol. The highest BCUT2D eigenvalue weighted by Gasteiger charge is 2.31. The van der Waals surface area contributed by atoms with Gasteiger partial charge in [0.05, 0.1) is 6.10 Å². The van der Waals surface area contributed by atoms with Crippen LogP contribution < -0.4 is 0 Å². The Bertz CT molecular complexity index is 142. The lowest BCUT2D eigenvalue weighted by molar-refractivity contribution is 0.0279. The third kappa shape index (κ3) is 4.50. The van der Waals surface area contributed by atoms with E-state index in [0.29, 0.717) is 0 Å². The Kier molecular flexibility index (Phi) is 6.02. The molecule has 0 radical (unpaired) electrons. The molecule has 0 heterocycles.